The van der Waals surface area contributed by atoms with E-state index in [1.807, 2.05) is 48.2 Å². The first kappa shape index (κ1) is 23.4. The summed E-state index contributed by atoms with van der Waals surface area (Å²) in [6.45, 7) is 6.83. The number of para-hydroxylation sites is 1. The summed E-state index contributed by atoms with van der Waals surface area (Å²) in [5.74, 6) is -0.653. The molecule has 3 aromatic carbocycles. The topological polar surface area (TPSA) is 49.4 Å². The number of rotatable bonds is 6. The lowest BCUT2D eigenvalue weighted by molar-refractivity contribution is -0.128. The summed E-state index contributed by atoms with van der Waals surface area (Å²) in [6.07, 6.45) is 0. The third-order valence-electron chi connectivity index (χ3n) is 6.00. The second-order valence-electron chi connectivity index (χ2n) is 8.49. The fourth-order valence-corrected chi connectivity index (χ4v) is 5.36. The molecule has 0 saturated heterocycles. The summed E-state index contributed by atoms with van der Waals surface area (Å²) in [6, 6.07) is 21.6. The van der Waals surface area contributed by atoms with Crippen molar-refractivity contribution in [2.24, 2.45) is 5.92 Å². The molecule has 2 atom stereocenters. The van der Waals surface area contributed by atoms with Crippen molar-refractivity contribution in [2.75, 3.05) is 4.90 Å². The third kappa shape index (κ3) is 5.26. The van der Waals surface area contributed by atoms with Crippen molar-refractivity contribution in [3.8, 4) is 0 Å². The molecule has 6 heteroatoms. The average Bonchev–Trinajstić information content (AvgIpc) is 2.81. The van der Waals surface area contributed by atoms with Crippen molar-refractivity contribution < 1.29 is 9.59 Å². The molecule has 1 aliphatic rings. The lowest BCUT2D eigenvalue weighted by atomic mass is 10.0. The van der Waals surface area contributed by atoms with E-state index in [9.17, 15) is 9.59 Å². The zero-order chi connectivity index (χ0) is 23.5. The van der Waals surface area contributed by atoms with E-state index in [1.54, 1.807) is 12.1 Å². The van der Waals surface area contributed by atoms with Crippen LogP contribution in [0, 0.1) is 19.8 Å². The van der Waals surface area contributed by atoms with Gasteiger partial charge in [-0.25, -0.2) is 0 Å². The summed E-state index contributed by atoms with van der Waals surface area (Å²) < 4.78 is 0. The summed E-state index contributed by atoms with van der Waals surface area (Å²) >= 11 is 7.42. The van der Waals surface area contributed by atoms with Gasteiger partial charge in [-0.05, 0) is 54.8 Å². The minimum Gasteiger partial charge on any atom is -0.352 e. The fraction of sp³-hybridized carbons (Fsp3) is 0.259. The first-order valence-corrected chi connectivity index (χ1v) is 12.2. The van der Waals surface area contributed by atoms with Gasteiger partial charge >= 0.3 is 0 Å². The van der Waals surface area contributed by atoms with Crippen LogP contribution in [0.15, 0.2) is 71.6 Å². The standard InChI is InChI=1S/C27H27ClN2O2S/c1-17-8-9-18(2)21(14-17)16-30-23-6-4-5-7-24(23)33-25(27(30)32)19(3)26(31)29-15-20-10-12-22(28)13-11-20/h4-14,19,25H,15-16H2,1-3H3,(H,29,31). The highest BCUT2D eigenvalue weighted by atomic mass is 35.5. The molecule has 0 aliphatic carbocycles. The van der Waals surface area contributed by atoms with Gasteiger partial charge in [0.2, 0.25) is 11.8 Å². The smallest absolute Gasteiger partial charge is 0.241 e. The Morgan fingerprint density at radius 2 is 1.82 bits per heavy atom. The van der Waals surface area contributed by atoms with Crippen LogP contribution in [0.5, 0.6) is 0 Å². The van der Waals surface area contributed by atoms with Crippen molar-refractivity contribution in [3.63, 3.8) is 0 Å². The minimum atomic E-state index is -0.491. The van der Waals surface area contributed by atoms with Crippen molar-refractivity contribution in [2.45, 2.75) is 44.0 Å². The van der Waals surface area contributed by atoms with Gasteiger partial charge in [0, 0.05) is 16.5 Å². The lowest BCUT2D eigenvalue weighted by Gasteiger charge is -2.36. The van der Waals surface area contributed by atoms with Crippen molar-refractivity contribution in [1.82, 2.24) is 5.32 Å². The predicted octanol–water partition coefficient (Wildman–Crippen LogP) is 5.92. The molecule has 0 saturated carbocycles. The Kier molecular flexibility index (Phi) is 7.11. The van der Waals surface area contributed by atoms with Gasteiger partial charge in [-0.15, -0.1) is 11.8 Å². The van der Waals surface area contributed by atoms with Gasteiger partial charge in [0.15, 0.2) is 0 Å². The summed E-state index contributed by atoms with van der Waals surface area (Å²) in [7, 11) is 0. The Morgan fingerprint density at radius 1 is 1.09 bits per heavy atom. The summed E-state index contributed by atoms with van der Waals surface area (Å²) in [5.41, 5.74) is 5.29. The van der Waals surface area contributed by atoms with Crippen LogP contribution in [0.2, 0.25) is 5.02 Å². The molecule has 3 aromatic rings. The van der Waals surface area contributed by atoms with Gasteiger partial charge in [-0.1, -0.05) is 66.6 Å². The minimum absolute atomic E-state index is 0.0336. The maximum absolute atomic E-state index is 13.7. The van der Waals surface area contributed by atoms with E-state index in [4.69, 9.17) is 11.6 Å². The SMILES string of the molecule is Cc1ccc(C)c(CN2C(=O)C(C(C)C(=O)NCc3ccc(Cl)cc3)Sc3ccccc32)c1. The molecule has 4 nitrogen and oxygen atoms in total. The number of benzene rings is 3. The number of nitrogens with zero attached hydrogens (tertiary/aromatic N) is 1. The Bertz CT molecular complexity index is 1180. The van der Waals surface area contributed by atoms with Crippen molar-refractivity contribution in [1.29, 1.82) is 0 Å². The molecule has 0 bridgehead atoms. The van der Waals surface area contributed by atoms with E-state index in [-0.39, 0.29) is 11.8 Å². The van der Waals surface area contributed by atoms with Gasteiger partial charge in [0.05, 0.1) is 18.2 Å². The average molecular weight is 479 g/mol. The molecular weight excluding hydrogens is 452 g/mol. The van der Waals surface area contributed by atoms with E-state index >= 15 is 0 Å². The molecule has 170 valence electrons. The van der Waals surface area contributed by atoms with Crippen LogP contribution >= 0.6 is 23.4 Å². The number of anilines is 1. The quantitative estimate of drug-likeness (QED) is 0.478. The van der Waals surface area contributed by atoms with Crippen LogP contribution < -0.4 is 10.2 Å². The largest absolute Gasteiger partial charge is 0.352 e. The Labute approximate surface area is 204 Å². The van der Waals surface area contributed by atoms with Crippen LogP contribution in [-0.2, 0) is 22.7 Å². The molecule has 1 N–H and O–H groups in total. The monoisotopic (exact) mass is 478 g/mol. The highest BCUT2D eigenvalue weighted by molar-refractivity contribution is 8.01. The maximum atomic E-state index is 13.7. The van der Waals surface area contributed by atoms with Crippen LogP contribution in [0.3, 0.4) is 0 Å². The Hall–Kier alpha value is -2.76. The zero-order valence-electron chi connectivity index (χ0n) is 19.0. The molecule has 2 amide bonds. The number of thioether (sulfide) groups is 1. The fourth-order valence-electron chi connectivity index (χ4n) is 3.95. The molecule has 2 unspecified atom stereocenters. The van der Waals surface area contributed by atoms with E-state index in [0.717, 1.165) is 32.8 Å². The number of halogens is 1. The number of aryl methyl sites for hydroxylation is 2. The second kappa shape index (κ2) is 10.0. The maximum Gasteiger partial charge on any atom is 0.241 e. The number of carbonyl (C=O) groups is 2. The number of hydrogen-bond donors (Lipinski definition) is 1. The molecule has 1 aliphatic heterocycles. The van der Waals surface area contributed by atoms with E-state index in [0.29, 0.717) is 18.1 Å². The molecule has 0 spiro atoms. The van der Waals surface area contributed by atoms with E-state index in [2.05, 4.69) is 37.4 Å². The van der Waals surface area contributed by atoms with E-state index < -0.39 is 11.2 Å². The summed E-state index contributed by atoms with van der Waals surface area (Å²) in [4.78, 5) is 29.5. The van der Waals surface area contributed by atoms with Crippen LogP contribution in [0.25, 0.3) is 0 Å². The second-order valence-corrected chi connectivity index (χ2v) is 10.1. The first-order chi connectivity index (χ1) is 15.8. The van der Waals surface area contributed by atoms with E-state index in [1.165, 1.54) is 11.8 Å². The number of hydrogen-bond acceptors (Lipinski definition) is 3. The van der Waals surface area contributed by atoms with Crippen molar-refractivity contribution in [3.05, 3.63) is 94.0 Å². The Morgan fingerprint density at radius 3 is 2.58 bits per heavy atom. The highest BCUT2D eigenvalue weighted by Crippen LogP contribution is 2.42. The van der Waals surface area contributed by atoms with Crippen molar-refractivity contribution >= 4 is 40.9 Å². The molecule has 4 rings (SSSR count). The third-order valence-corrected chi connectivity index (χ3v) is 7.72. The molecular formula is C27H27ClN2O2S. The Balaban J connectivity index is 1.55. The molecule has 0 fully saturated rings. The summed E-state index contributed by atoms with van der Waals surface area (Å²) in [5, 5.41) is 3.14. The van der Waals surface area contributed by atoms with Crippen LogP contribution in [-0.4, -0.2) is 17.1 Å². The number of fused-ring (bicyclic) bond motifs is 1. The van der Waals surface area contributed by atoms with Gasteiger partial charge in [0.25, 0.3) is 0 Å². The highest BCUT2D eigenvalue weighted by Gasteiger charge is 2.39. The number of carbonyl (C=O) groups excluding carboxylic acids is 2. The van der Waals surface area contributed by atoms with Crippen LogP contribution in [0.4, 0.5) is 5.69 Å². The van der Waals surface area contributed by atoms with Crippen LogP contribution in [0.1, 0.15) is 29.2 Å². The first-order valence-electron chi connectivity index (χ1n) is 11.0. The van der Waals surface area contributed by atoms with Gasteiger partial charge in [0.1, 0.15) is 5.25 Å². The normalized spacial score (nSPS) is 16.3. The molecule has 0 radical (unpaired) electrons. The van der Waals surface area contributed by atoms with Gasteiger partial charge in [-0.3, -0.25) is 9.59 Å². The number of amides is 2. The molecule has 0 aromatic heterocycles. The van der Waals surface area contributed by atoms with Gasteiger partial charge < -0.3 is 10.2 Å². The lowest BCUT2D eigenvalue weighted by Crippen LogP contribution is -2.47. The zero-order valence-corrected chi connectivity index (χ0v) is 20.5. The predicted molar refractivity (Wildman–Crippen MR) is 136 cm³/mol. The van der Waals surface area contributed by atoms with Gasteiger partial charge in [-0.2, -0.15) is 0 Å². The molecule has 1 heterocycles. The number of nitrogens with one attached hydrogen (secondary N) is 1. The molecule has 33 heavy (non-hydrogen) atoms.